The molecule has 1 amide bonds. The van der Waals surface area contributed by atoms with Crippen LogP contribution in [0.5, 0.6) is 0 Å². The lowest BCUT2D eigenvalue weighted by Crippen LogP contribution is -2.45. The molecular formula is C53H101NO5. The van der Waals surface area contributed by atoms with Gasteiger partial charge in [-0.3, -0.25) is 9.59 Å². The van der Waals surface area contributed by atoms with Crippen LogP contribution in [0, 0.1) is 0 Å². The fraction of sp³-hybridized carbons (Fsp3) is 0.887. The summed E-state index contributed by atoms with van der Waals surface area (Å²) in [5.41, 5.74) is 0. The monoisotopic (exact) mass is 832 g/mol. The summed E-state index contributed by atoms with van der Waals surface area (Å²) in [6.07, 6.45) is 57.2. The summed E-state index contributed by atoms with van der Waals surface area (Å²) in [5.74, 6) is -0.0858. The van der Waals surface area contributed by atoms with Crippen LogP contribution >= 0.6 is 0 Å². The lowest BCUT2D eigenvalue weighted by molar-refractivity contribution is -0.143. The molecule has 0 aliphatic rings. The summed E-state index contributed by atoms with van der Waals surface area (Å²) in [7, 11) is 0. The molecule has 0 aromatic rings. The maximum absolute atomic E-state index is 12.4. The molecule has 0 aliphatic carbocycles. The highest BCUT2D eigenvalue weighted by Gasteiger charge is 2.20. The molecule has 0 bridgehead atoms. The van der Waals surface area contributed by atoms with Crippen LogP contribution in [-0.2, 0) is 14.3 Å². The van der Waals surface area contributed by atoms with Gasteiger partial charge in [-0.25, -0.2) is 0 Å². The van der Waals surface area contributed by atoms with E-state index < -0.39 is 12.1 Å². The molecule has 0 rings (SSSR count). The summed E-state index contributed by atoms with van der Waals surface area (Å²) in [4.78, 5) is 24.5. The lowest BCUT2D eigenvalue weighted by Gasteiger charge is -2.22. The number of ether oxygens (including phenoxy) is 1. The maximum Gasteiger partial charge on any atom is 0.305 e. The maximum atomic E-state index is 12.4. The van der Waals surface area contributed by atoms with E-state index in [-0.39, 0.29) is 18.5 Å². The smallest absolute Gasteiger partial charge is 0.305 e. The van der Waals surface area contributed by atoms with Crippen molar-refractivity contribution in [2.45, 2.75) is 289 Å². The Balaban J connectivity index is 3.50. The molecule has 6 heteroatoms. The molecule has 0 aliphatic heterocycles. The van der Waals surface area contributed by atoms with Gasteiger partial charge >= 0.3 is 5.97 Å². The molecule has 2 atom stereocenters. The Morgan fingerprint density at radius 2 is 0.797 bits per heavy atom. The predicted molar refractivity (Wildman–Crippen MR) is 255 cm³/mol. The zero-order chi connectivity index (χ0) is 43.0. The van der Waals surface area contributed by atoms with Crippen molar-refractivity contribution in [3.05, 3.63) is 24.3 Å². The van der Waals surface area contributed by atoms with E-state index in [2.05, 4.69) is 43.5 Å². The van der Waals surface area contributed by atoms with Crippen LogP contribution in [-0.4, -0.2) is 47.4 Å². The van der Waals surface area contributed by atoms with E-state index in [0.29, 0.717) is 25.9 Å². The third kappa shape index (κ3) is 45.7. The first-order valence-corrected chi connectivity index (χ1v) is 26.1. The van der Waals surface area contributed by atoms with Gasteiger partial charge < -0.3 is 20.3 Å². The normalized spacial score (nSPS) is 12.8. The number of amides is 1. The first kappa shape index (κ1) is 57.3. The Morgan fingerprint density at radius 3 is 1.22 bits per heavy atom. The van der Waals surface area contributed by atoms with E-state index >= 15 is 0 Å². The van der Waals surface area contributed by atoms with Gasteiger partial charge in [0.15, 0.2) is 0 Å². The van der Waals surface area contributed by atoms with Gasteiger partial charge in [0, 0.05) is 12.8 Å². The Bertz CT molecular complexity index is 920. The van der Waals surface area contributed by atoms with E-state index in [1.807, 2.05) is 0 Å². The molecule has 0 fully saturated rings. The highest BCUT2D eigenvalue weighted by molar-refractivity contribution is 5.76. The van der Waals surface area contributed by atoms with E-state index in [1.54, 1.807) is 0 Å². The number of aliphatic hydroxyl groups is 2. The summed E-state index contributed by atoms with van der Waals surface area (Å²) in [6, 6.07) is -0.561. The number of esters is 1. The molecule has 0 saturated heterocycles. The Morgan fingerprint density at radius 1 is 0.458 bits per heavy atom. The van der Waals surface area contributed by atoms with Crippen molar-refractivity contribution in [1.29, 1.82) is 0 Å². The largest absolute Gasteiger partial charge is 0.466 e. The van der Waals surface area contributed by atoms with Crippen LogP contribution in [0.1, 0.15) is 277 Å². The molecule has 348 valence electrons. The second-order valence-electron chi connectivity index (χ2n) is 17.8. The van der Waals surface area contributed by atoms with Crippen LogP contribution in [0.3, 0.4) is 0 Å². The van der Waals surface area contributed by atoms with Crippen LogP contribution in [0.25, 0.3) is 0 Å². The summed E-state index contributed by atoms with van der Waals surface area (Å²) in [6.45, 7) is 4.90. The Kier molecular flexibility index (Phi) is 47.6. The molecule has 2 unspecified atom stereocenters. The minimum Gasteiger partial charge on any atom is -0.466 e. The van der Waals surface area contributed by atoms with Gasteiger partial charge in [-0.2, -0.15) is 0 Å². The Hall–Kier alpha value is -1.66. The molecule has 0 heterocycles. The average molecular weight is 832 g/mol. The van der Waals surface area contributed by atoms with Crippen LogP contribution < -0.4 is 5.32 Å². The number of nitrogens with one attached hydrogen (secondary N) is 1. The number of carbonyl (C=O) groups is 2. The molecule has 6 nitrogen and oxygen atoms in total. The molecule has 0 radical (unpaired) electrons. The number of allylic oxidation sites excluding steroid dienone is 4. The summed E-state index contributed by atoms with van der Waals surface area (Å²) < 4.78 is 5.45. The van der Waals surface area contributed by atoms with Gasteiger partial charge in [0.1, 0.15) is 0 Å². The van der Waals surface area contributed by atoms with Gasteiger partial charge in [-0.1, -0.05) is 212 Å². The topological polar surface area (TPSA) is 95.9 Å². The minimum atomic E-state index is -0.681. The molecule has 0 aromatic heterocycles. The standard InChI is InChI=1S/C53H101NO5/c1-3-5-7-9-11-13-15-17-19-23-27-31-35-39-43-47-53(58)59-48-44-40-36-32-28-24-20-22-26-30-34-38-42-46-52(57)54-50(49-55)51(56)45-41-37-33-29-25-21-18-16-14-12-10-8-6-4-2/h17,19,22,26,50-51,55-56H,3-16,18,20-21,23-25,27-49H2,1-2H3,(H,54,57)/b19-17-,26-22-. The predicted octanol–water partition coefficient (Wildman–Crippen LogP) is 15.5. The quantitative estimate of drug-likeness (QED) is 0.0322. The number of unbranched alkanes of at least 4 members (excludes halogenated alkanes) is 33. The van der Waals surface area contributed by atoms with Crippen molar-refractivity contribution in [2.24, 2.45) is 0 Å². The van der Waals surface area contributed by atoms with E-state index in [1.165, 1.54) is 173 Å². The van der Waals surface area contributed by atoms with E-state index in [0.717, 1.165) is 70.6 Å². The van der Waals surface area contributed by atoms with E-state index in [4.69, 9.17) is 4.74 Å². The fourth-order valence-electron chi connectivity index (χ4n) is 7.92. The molecule has 0 saturated carbocycles. The van der Waals surface area contributed by atoms with Gasteiger partial charge in [-0.15, -0.1) is 0 Å². The molecule has 0 spiro atoms. The van der Waals surface area contributed by atoms with Crippen LogP contribution in [0.4, 0.5) is 0 Å². The zero-order valence-electron chi connectivity index (χ0n) is 39.5. The average Bonchev–Trinajstić information content (AvgIpc) is 3.24. The molecular weight excluding hydrogens is 731 g/mol. The second-order valence-corrected chi connectivity index (χ2v) is 17.8. The summed E-state index contributed by atoms with van der Waals surface area (Å²) in [5, 5.41) is 23.2. The number of rotatable bonds is 48. The van der Waals surface area contributed by atoms with Gasteiger partial charge in [0.05, 0.1) is 25.4 Å². The molecule has 3 N–H and O–H groups in total. The van der Waals surface area contributed by atoms with Crippen molar-refractivity contribution in [1.82, 2.24) is 5.32 Å². The lowest BCUT2D eigenvalue weighted by atomic mass is 10.0. The van der Waals surface area contributed by atoms with E-state index in [9.17, 15) is 19.8 Å². The van der Waals surface area contributed by atoms with Crippen molar-refractivity contribution in [3.8, 4) is 0 Å². The van der Waals surface area contributed by atoms with Crippen molar-refractivity contribution in [2.75, 3.05) is 13.2 Å². The van der Waals surface area contributed by atoms with Crippen molar-refractivity contribution >= 4 is 11.9 Å². The molecule has 0 aromatic carbocycles. The first-order chi connectivity index (χ1) is 29.0. The zero-order valence-corrected chi connectivity index (χ0v) is 39.5. The van der Waals surface area contributed by atoms with Crippen molar-refractivity contribution < 1.29 is 24.5 Å². The molecule has 59 heavy (non-hydrogen) atoms. The highest BCUT2D eigenvalue weighted by atomic mass is 16.5. The van der Waals surface area contributed by atoms with Crippen molar-refractivity contribution in [3.63, 3.8) is 0 Å². The third-order valence-corrected chi connectivity index (χ3v) is 12.0. The van der Waals surface area contributed by atoms with Crippen LogP contribution in [0.2, 0.25) is 0 Å². The van der Waals surface area contributed by atoms with Gasteiger partial charge in [-0.05, 0) is 77.0 Å². The summed E-state index contributed by atoms with van der Waals surface area (Å²) >= 11 is 0. The Labute approximate surface area is 367 Å². The SMILES string of the molecule is CCCCCCCC/C=C\CCCCCCCC(=O)OCCCCCCCC/C=C\CCCCCC(=O)NC(CO)C(O)CCCCCCCCCCCCCCCC. The third-order valence-electron chi connectivity index (χ3n) is 12.0. The number of hydrogen-bond donors (Lipinski definition) is 3. The number of hydrogen-bond acceptors (Lipinski definition) is 5. The minimum absolute atomic E-state index is 0.0206. The number of carbonyl (C=O) groups excluding carboxylic acids is 2. The fourth-order valence-corrected chi connectivity index (χ4v) is 7.92. The number of aliphatic hydroxyl groups excluding tert-OH is 2. The second kappa shape index (κ2) is 49.0. The van der Waals surface area contributed by atoms with Gasteiger partial charge in [0.25, 0.3) is 0 Å². The van der Waals surface area contributed by atoms with Gasteiger partial charge in [0.2, 0.25) is 5.91 Å². The van der Waals surface area contributed by atoms with Crippen LogP contribution in [0.15, 0.2) is 24.3 Å². The highest BCUT2D eigenvalue weighted by Crippen LogP contribution is 2.16. The first-order valence-electron chi connectivity index (χ1n) is 26.1.